The summed E-state index contributed by atoms with van der Waals surface area (Å²) in [6.07, 6.45) is 2.77. The van der Waals surface area contributed by atoms with Crippen LogP contribution in [0.2, 0.25) is 0 Å². The number of carbonyl (C=O) groups excluding carboxylic acids is 1. The van der Waals surface area contributed by atoms with Gasteiger partial charge in [0.1, 0.15) is 18.2 Å². The van der Waals surface area contributed by atoms with E-state index in [0.29, 0.717) is 119 Å². The lowest BCUT2D eigenvalue weighted by atomic mass is 9.93. The maximum atomic E-state index is 14.4. The molecule has 2 aromatic carbocycles. The van der Waals surface area contributed by atoms with Crippen LogP contribution in [0.15, 0.2) is 54.6 Å². The number of imidazole rings is 1. The molecule has 3 N–H and O–H groups in total. The summed E-state index contributed by atoms with van der Waals surface area (Å²) in [7, 11) is -3.72. The van der Waals surface area contributed by atoms with Gasteiger partial charge < -0.3 is 34.7 Å². The van der Waals surface area contributed by atoms with Gasteiger partial charge in [-0.2, -0.15) is 5.26 Å². The van der Waals surface area contributed by atoms with Gasteiger partial charge in [0.2, 0.25) is 15.9 Å². The summed E-state index contributed by atoms with van der Waals surface area (Å²) in [5.74, 6) is 0.134. The van der Waals surface area contributed by atoms with Gasteiger partial charge >= 0.3 is 0 Å². The molecule has 57 heavy (non-hydrogen) atoms. The van der Waals surface area contributed by atoms with Crippen molar-refractivity contribution < 1.29 is 41.3 Å². The second-order valence-corrected chi connectivity index (χ2v) is 16.0. The number of nitrogens with zero attached hydrogens (tertiary/aromatic N) is 5. The van der Waals surface area contributed by atoms with E-state index in [9.17, 15) is 17.6 Å². The third-order valence-electron chi connectivity index (χ3n) is 9.72. The van der Waals surface area contributed by atoms with Crippen LogP contribution in [0.25, 0.3) is 11.0 Å². The molecule has 0 unspecified atom stereocenters. The zero-order chi connectivity index (χ0) is 40.0. The number of likely N-dealkylation sites (tertiary alicyclic amines) is 1. The largest absolute Gasteiger partial charge is 0.473 e. The van der Waals surface area contributed by atoms with Gasteiger partial charge in [0.05, 0.1) is 87.3 Å². The molecule has 2 aliphatic rings. The fourth-order valence-corrected chi connectivity index (χ4v) is 8.38. The van der Waals surface area contributed by atoms with Gasteiger partial charge in [0.25, 0.3) is 5.91 Å². The van der Waals surface area contributed by atoms with Crippen LogP contribution >= 0.6 is 0 Å². The van der Waals surface area contributed by atoms with Crippen LogP contribution in [-0.4, -0.2) is 117 Å². The van der Waals surface area contributed by atoms with E-state index in [-0.39, 0.29) is 37.1 Å². The van der Waals surface area contributed by atoms with Crippen LogP contribution in [0.3, 0.4) is 0 Å². The molecule has 17 heteroatoms. The van der Waals surface area contributed by atoms with Gasteiger partial charge in [-0.3, -0.25) is 9.69 Å². The van der Waals surface area contributed by atoms with Crippen molar-refractivity contribution in [2.24, 2.45) is 5.73 Å². The predicted octanol–water partition coefficient (Wildman–Crippen LogP) is 3.50. The first-order valence-corrected chi connectivity index (χ1v) is 20.8. The van der Waals surface area contributed by atoms with Crippen molar-refractivity contribution in [1.82, 2.24) is 24.2 Å². The quantitative estimate of drug-likeness (QED) is 0.104. The van der Waals surface area contributed by atoms with Crippen LogP contribution in [0.5, 0.6) is 5.88 Å². The van der Waals surface area contributed by atoms with Crippen LogP contribution in [0, 0.1) is 17.1 Å². The number of carbonyl (C=O) groups is 1. The van der Waals surface area contributed by atoms with Gasteiger partial charge in [-0.05, 0) is 75.2 Å². The Balaban J connectivity index is 0.991. The number of hydrogen-bond acceptors (Lipinski definition) is 13. The Labute approximate surface area is 332 Å². The average Bonchev–Trinajstić information content (AvgIpc) is 4.03. The lowest BCUT2D eigenvalue weighted by molar-refractivity contribution is -0.000579. The number of fused-ring (bicyclic) bond motifs is 1. The molecule has 0 spiro atoms. The fraction of sp³-hybridized carbons (Fsp3) is 0.500. The molecular weight excluding hydrogens is 758 g/mol. The van der Waals surface area contributed by atoms with Crippen LogP contribution in [-0.2, 0) is 42.1 Å². The smallest absolute Gasteiger partial charge is 0.251 e. The van der Waals surface area contributed by atoms with E-state index in [1.807, 2.05) is 18.2 Å². The minimum atomic E-state index is -3.72. The van der Waals surface area contributed by atoms with Crippen molar-refractivity contribution in [2.45, 2.75) is 50.0 Å². The molecule has 6 rings (SSSR count). The van der Waals surface area contributed by atoms with Crippen LogP contribution in [0.4, 0.5) is 4.39 Å². The Morgan fingerprint density at radius 3 is 2.26 bits per heavy atom. The van der Waals surface area contributed by atoms with E-state index in [0.717, 1.165) is 18.5 Å². The van der Waals surface area contributed by atoms with Crippen molar-refractivity contribution in [3.8, 4) is 11.9 Å². The lowest BCUT2D eigenvalue weighted by Gasteiger charge is -2.31. The maximum Gasteiger partial charge on any atom is 0.251 e. The summed E-state index contributed by atoms with van der Waals surface area (Å²) < 4.78 is 70.8. The van der Waals surface area contributed by atoms with E-state index in [2.05, 4.69) is 10.2 Å². The summed E-state index contributed by atoms with van der Waals surface area (Å²) in [6.45, 7) is 5.90. The molecular formula is C40H50FN7O8S. The number of pyridine rings is 1. The number of ether oxygens (including phenoxy) is 5. The standard InChI is InChI=1S/C40H50FN7O8S/c41-34-24-29(26-43)4-5-32(34)28-56-39-3-1-2-35(46-39)30-10-14-47(15-11-30)27-38-45-36-9-6-31(25-37(36)48(38)57(50,51)33-7-8-33)40(49)44-13-17-53-19-21-55-23-22-54-20-18-52-16-12-42/h1-6,9,24-25,30,33H,7-8,10-23,27-28,42H2,(H,44,49). The van der Waals surface area contributed by atoms with E-state index in [4.69, 9.17) is 44.6 Å². The predicted molar refractivity (Wildman–Crippen MR) is 209 cm³/mol. The number of benzene rings is 2. The number of hydrogen-bond donors (Lipinski definition) is 2. The molecule has 3 heterocycles. The molecule has 4 aromatic rings. The summed E-state index contributed by atoms with van der Waals surface area (Å²) in [5.41, 5.74) is 8.06. The van der Waals surface area contributed by atoms with Crippen molar-refractivity contribution >= 4 is 27.0 Å². The number of amides is 1. The minimum absolute atomic E-state index is 0.0132. The minimum Gasteiger partial charge on any atom is -0.473 e. The Morgan fingerprint density at radius 2 is 1.60 bits per heavy atom. The summed E-state index contributed by atoms with van der Waals surface area (Å²) in [6, 6.07) is 16.7. The van der Waals surface area contributed by atoms with Crippen molar-refractivity contribution in [3.63, 3.8) is 0 Å². The van der Waals surface area contributed by atoms with Gasteiger partial charge in [-0.1, -0.05) is 12.1 Å². The molecule has 1 aliphatic heterocycles. The number of aromatic nitrogens is 3. The van der Waals surface area contributed by atoms with Gasteiger partial charge in [-0.15, -0.1) is 0 Å². The number of halogens is 1. The molecule has 1 aliphatic carbocycles. The van der Waals surface area contributed by atoms with E-state index >= 15 is 0 Å². The Bertz CT molecular complexity index is 2100. The second-order valence-electron chi connectivity index (χ2n) is 13.9. The summed E-state index contributed by atoms with van der Waals surface area (Å²) in [5, 5.41) is 11.4. The molecule has 1 saturated carbocycles. The highest BCUT2D eigenvalue weighted by molar-refractivity contribution is 7.91. The Hall–Kier alpha value is -4.54. The van der Waals surface area contributed by atoms with E-state index in [1.165, 1.54) is 16.1 Å². The first kappa shape index (κ1) is 42.1. The van der Waals surface area contributed by atoms with Gasteiger partial charge in [0, 0.05) is 41.9 Å². The Morgan fingerprint density at radius 1 is 0.895 bits per heavy atom. The van der Waals surface area contributed by atoms with Crippen LogP contribution in [0.1, 0.15) is 64.6 Å². The molecule has 2 aromatic heterocycles. The van der Waals surface area contributed by atoms with Gasteiger partial charge in [-0.25, -0.2) is 26.7 Å². The zero-order valence-electron chi connectivity index (χ0n) is 31.9. The fourth-order valence-electron chi connectivity index (χ4n) is 6.54. The molecule has 306 valence electrons. The number of piperidine rings is 1. The molecule has 1 amide bonds. The highest BCUT2D eigenvalue weighted by Crippen LogP contribution is 2.34. The monoisotopic (exact) mass is 807 g/mol. The number of rotatable bonds is 23. The Kier molecular flexibility index (Phi) is 15.3. The average molecular weight is 808 g/mol. The molecule has 1 saturated heterocycles. The molecule has 15 nitrogen and oxygen atoms in total. The number of nitriles is 1. The SMILES string of the molecule is N#Cc1ccc(COc2cccc(C3CCN(Cc4nc5ccc(C(=O)NCCOCCOCCOCCOCCN)cc5n4S(=O)(=O)C4CC4)CC3)n2)c(F)c1. The molecule has 0 radical (unpaired) electrons. The third-order valence-corrected chi connectivity index (χ3v) is 12.0. The number of nitrogens with two attached hydrogens (primary N) is 1. The van der Waals surface area contributed by atoms with E-state index in [1.54, 1.807) is 30.3 Å². The van der Waals surface area contributed by atoms with Crippen molar-refractivity contribution in [1.29, 1.82) is 5.26 Å². The molecule has 0 bridgehead atoms. The van der Waals surface area contributed by atoms with Crippen LogP contribution < -0.4 is 15.8 Å². The topological polar surface area (TPSA) is 193 Å². The third kappa shape index (κ3) is 11.8. The maximum absolute atomic E-state index is 14.4. The molecule has 2 fully saturated rings. The van der Waals surface area contributed by atoms with E-state index < -0.39 is 21.1 Å². The lowest BCUT2D eigenvalue weighted by Crippen LogP contribution is -2.34. The highest BCUT2D eigenvalue weighted by atomic mass is 32.2. The first-order chi connectivity index (χ1) is 27.8. The normalized spacial score (nSPS) is 15.2. The zero-order valence-corrected chi connectivity index (χ0v) is 32.8. The van der Waals surface area contributed by atoms with Crippen molar-refractivity contribution in [3.05, 3.63) is 88.6 Å². The van der Waals surface area contributed by atoms with Crippen molar-refractivity contribution in [2.75, 3.05) is 79.0 Å². The summed E-state index contributed by atoms with van der Waals surface area (Å²) >= 11 is 0. The highest BCUT2D eigenvalue weighted by Gasteiger charge is 2.39. The first-order valence-electron chi connectivity index (χ1n) is 19.3. The summed E-state index contributed by atoms with van der Waals surface area (Å²) in [4.78, 5) is 24.8. The number of nitrogens with one attached hydrogen (secondary N) is 1. The molecule has 0 atom stereocenters. The van der Waals surface area contributed by atoms with Gasteiger partial charge in [0.15, 0.2) is 0 Å². The second kappa shape index (κ2) is 20.8.